The molecule has 0 fully saturated rings. The smallest absolute Gasteiger partial charge is 0.138 e. The Kier molecular flexibility index (Phi) is 2.17. The lowest BCUT2D eigenvalue weighted by molar-refractivity contribution is 0.879. The number of nitrogens with zero attached hydrogens (tertiary/aromatic N) is 4. The van der Waals surface area contributed by atoms with E-state index < -0.39 is 0 Å². The number of nitriles is 1. The molecule has 0 aliphatic carbocycles. The molecule has 0 N–H and O–H groups in total. The van der Waals surface area contributed by atoms with Crippen molar-refractivity contribution in [3.8, 4) is 11.8 Å². The molecule has 1 aromatic heterocycles. The molecule has 1 heterocycles. The van der Waals surface area contributed by atoms with E-state index in [4.69, 9.17) is 16.9 Å². The van der Waals surface area contributed by atoms with Crippen molar-refractivity contribution >= 4 is 11.6 Å². The van der Waals surface area contributed by atoms with Crippen molar-refractivity contribution in [1.29, 1.82) is 5.26 Å². The van der Waals surface area contributed by atoms with Crippen LogP contribution >= 0.6 is 11.6 Å². The fraction of sp³-hybridized carbons (Fsp3) is 0. The van der Waals surface area contributed by atoms with Crippen molar-refractivity contribution in [1.82, 2.24) is 14.8 Å². The van der Waals surface area contributed by atoms with Crippen molar-refractivity contribution < 1.29 is 0 Å². The molecule has 14 heavy (non-hydrogen) atoms. The van der Waals surface area contributed by atoms with Crippen molar-refractivity contribution in [2.24, 2.45) is 0 Å². The lowest BCUT2D eigenvalue weighted by Crippen LogP contribution is -1.94. The van der Waals surface area contributed by atoms with Gasteiger partial charge in [0.2, 0.25) is 0 Å². The Bertz CT molecular complexity index is 484. The van der Waals surface area contributed by atoms with Crippen LogP contribution in [-0.4, -0.2) is 14.8 Å². The zero-order valence-electron chi connectivity index (χ0n) is 7.05. The lowest BCUT2D eigenvalue weighted by Gasteiger charge is -2.01. The second-order valence-electron chi connectivity index (χ2n) is 2.62. The van der Waals surface area contributed by atoms with Crippen LogP contribution in [0.4, 0.5) is 0 Å². The van der Waals surface area contributed by atoms with E-state index in [1.807, 2.05) is 6.07 Å². The Labute approximate surface area is 85.4 Å². The summed E-state index contributed by atoms with van der Waals surface area (Å²) in [4.78, 5) is 3.81. The molecule has 0 amide bonds. The average Bonchev–Trinajstić information content (AvgIpc) is 2.70. The average molecular weight is 205 g/mol. The van der Waals surface area contributed by atoms with Crippen LogP contribution in [-0.2, 0) is 0 Å². The maximum atomic E-state index is 8.67. The maximum absolute atomic E-state index is 8.67. The minimum absolute atomic E-state index is 0.417. The van der Waals surface area contributed by atoms with Crippen LogP contribution in [0.3, 0.4) is 0 Å². The Morgan fingerprint density at radius 1 is 1.43 bits per heavy atom. The Balaban J connectivity index is 2.49. The summed E-state index contributed by atoms with van der Waals surface area (Å²) in [5.41, 5.74) is 1.24. The van der Waals surface area contributed by atoms with Crippen molar-refractivity contribution in [3.05, 3.63) is 41.4 Å². The summed E-state index contributed by atoms with van der Waals surface area (Å²) in [5.74, 6) is 0. The fourth-order valence-electron chi connectivity index (χ4n) is 1.08. The predicted octanol–water partition coefficient (Wildman–Crippen LogP) is 1.79. The third-order valence-electron chi connectivity index (χ3n) is 1.76. The van der Waals surface area contributed by atoms with Gasteiger partial charge in [-0.15, -0.1) is 0 Å². The second kappa shape index (κ2) is 3.48. The van der Waals surface area contributed by atoms with Crippen molar-refractivity contribution in [2.45, 2.75) is 0 Å². The van der Waals surface area contributed by atoms with Crippen LogP contribution in [0, 0.1) is 11.3 Å². The van der Waals surface area contributed by atoms with Gasteiger partial charge >= 0.3 is 0 Å². The third-order valence-corrected chi connectivity index (χ3v) is 2.07. The SMILES string of the molecule is N#Cc1ccc(-n2cncn2)cc1Cl. The standard InChI is InChI=1S/C9H5ClN4/c10-9-3-8(2-1-7(9)4-11)14-6-12-5-13-14/h1-3,5-6H. The predicted molar refractivity (Wildman–Crippen MR) is 51.1 cm³/mol. The molecule has 0 bridgehead atoms. The van der Waals surface area contributed by atoms with Gasteiger partial charge < -0.3 is 0 Å². The first-order chi connectivity index (χ1) is 6.81. The van der Waals surface area contributed by atoms with Gasteiger partial charge in [0, 0.05) is 0 Å². The number of halogens is 1. The van der Waals surface area contributed by atoms with Gasteiger partial charge in [-0.1, -0.05) is 11.6 Å². The second-order valence-corrected chi connectivity index (χ2v) is 3.02. The number of aromatic nitrogens is 3. The molecule has 0 saturated heterocycles. The van der Waals surface area contributed by atoms with Crippen LogP contribution in [0.1, 0.15) is 5.56 Å². The molecule has 68 valence electrons. The minimum Gasteiger partial charge on any atom is -0.223 e. The molecule has 0 spiro atoms. The van der Waals surface area contributed by atoms with E-state index in [2.05, 4.69) is 10.1 Å². The van der Waals surface area contributed by atoms with Crippen molar-refractivity contribution in [2.75, 3.05) is 0 Å². The highest BCUT2D eigenvalue weighted by Gasteiger charge is 2.02. The first-order valence-electron chi connectivity index (χ1n) is 3.86. The normalized spacial score (nSPS) is 9.71. The van der Waals surface area contributed by atoms with Crippen LogP contribution in [0.15, 0.2) is 30.9 Å². The lowest BCUT2D eigenvalue weighted by atomic mass is 10.2. The topological polar surface area (TPSA) is 54.5 Å². The van der Waals surface area contributed by atoms with Crippen LogP contribution in [0.2, 0.25) is 5.02 Å². The van der Waals surface area contributed by atoms with E-state index in [1.165, 1.54) is 6.33 Å². The van der Waals surface area contributed by atoms with Gasteiger partial charge in [0.25, 0.3) is 0 Å². The highest BCUT2D eigenvalue weighted by Crippen LogP contribution is 2.18. The molecular weight excluding hydrogens is 200 g/mol. The monoisotopic (exact) mass is 204 g/mol. The molecule has 0 atom stereocenters. The molecular formula is C9H5ClN4. The van der Waals surface area contributed by atoms with Gasteiger partial charge in [0.05, 0.1) is 16.3 Å². The number of hydrogen-bond donors (Lipinski definition) is 0. The van der Waals surface area contributed by atoms with Gasteiger partial charge in [-0.25, -0.2) is 9.67 Å². The van der Waals surface area contributed by atoms with Gasteiger partial charge in [-0.2, -0.15) is 10.4 Å². The summed E-state index contributed by atoms with van der Waals surface area (Å²) in [5, 5.41) is 13.0. The van der Waals surface area contributed by atoms with Crippen LogP contribution in [0.25, 0.3) is 5.69 Å². The summed E-state index contributed by atoms with van der Waals surface area (Å²) >= 11 is 5.86. The number of rotatable bonds is 1. The molecule has 0 aliphatic rings. The van der Waals surface area contributed by atoms with E-state index in [-0.39, 0.29) is 0 Å². The highest BCUT2D eigenvalue weighted by atomic mass is 35.5. The molecule has 1 aromatic carbocycles. The molecule has 0 radical (unpaired) electrons. The zero-order valence-corrected chi connectivity index (χ0v) is 7.81. The highest BCUT2D eigenvalue weighted by molar-refractivity contribution is 6.31. The summed E-state index contributed by atoms with van der Waals surface area (Å²) in [6, 6.07) is 7.08. The van der Waals surface area contributed by atoms with Crippen molar-refractivity contribution in [3.63, 3.8) is 0 Å². The minimum atomic E-state index is 0.417. The quantitative estimate of drug-likeness (QED) is 0.712. The molecule has 2 rings (SSSR count). The molecule has 0 unspecified atom stereocenters. The summed E-state index contributed by atoms with van der Waals surface area (Å²) < 4.78 is 1.58. The largest absolute Gasteiger partial charge is 0.223 e. The van der Waals surface area contributed by atoms with E-state index in [0.29, 0.717) is 10.6 Å². The first-order valence-corrected chi connectivity index (χ1v) is 4.23. The number of benzene rings is 1. The van der Waals surface area contributed by atoms with E-state index in [1.54, 1.807) is 29.2 Å². The Hall–Kier alpha value is -1.86. The summed E-state index contributed by atoms with van der Waals surface area (Å²) in [6.07, 6.45) is 3.00. The van der Waals surface area contributed by atoms with E-state index in [9.17, 15) is 0 Å². The zero-order chi connectivity index (χ0) is 9.97. The molecule has 4 nitrogen and oxygen atoms in total. The van der Waals surface area contributed by atoms with Gasteiger partial charge in [-0.05, 0) is 18.2 Å². The van der Waals surface area contributed by atoms with E-state index >= 15 is 0 Å². The van der Waals surface area contributed by atoms with Gasteiger partial charge in [-0.3, -0.25) is 0 Å². The Morgan fingerprint density at radius 3 is 2.86 bits per heavy atom. The molecule has 0 saturated carbocycles. The number of hydrogen-bond acceptors (Lipinski definition) is 3. The third kappa shape index (κ3) is 1.45. The molecule has 2 aromatic rings. The van der Waals surface area contributed by atoms with Gasteiger partial charge in [0.1, 0.15) is 18.7 Å². The first kappa shape index (κ1) is 8.73. The summed E-state index contributed by atoms with van der Waals surface area (Å²) in [6.45, 7) is 0. The maximum Gasteiger partial charge on any atom is 0.138 e. The van der Waals surface area contributed by atoms with Crippen LogP contribution < -0.4 is 0 Å². The molecule has 0 aliphatic heterocycles. The van der Waals surface area contributed by atoms with Crippen LogP contribution in [0.5, 0.6) is 0 Å². The molecule has 5 heteroatoms. The van der Waals surface area contributed by atoms with E-state index in [0.717, 1.165) is 5.69 Å². The summed E-state index contributed by atoms with van der Waals surface area (Å²) in [7, 11) is 0. The fourth-order valence-corrected chi connectivity index (χ4v) is 1.30. The van der Waals surface area contributed by atoms with Gasteiger partial charge in [0.15, 0.2) is 0 Å². The Morgan fingerprint density at radius 2 is 2.29 bits per heavy atom.